The minimum atomic E-state index is -1.88. The summed E-state index contributed by atoms with van der Waals surface area (Å²) in [7, 11) is 0. The van der Waals surface area contributed by atoms with Crippen LogP contribution in [0.2, 0.25) is 0 Å². The van der Waals surface area contributed by atoms with Gasteiger partial charge in [0, 0.05) is 15.6 Å². The Hall–Kier alpha value is -2.73. The van der Waals surface area contributed by atoms with Crippen molar-refractivity contribution in [3.63, 3.8) is 0 Å². The Morgan fingerprint density at radius 1 is 1.26 bits per heavy atom. The van der Waals surface area contributed by atoms with Gasteiger partial charge in [0.25, 0.3) is 11.8 Å². The fraction of sp³-hybridized carbons (Fsp3) is 0.235. The highest BCUT2D eigenvalue weighted by Gasteiger charge is 2.40. The van der Waals surface area contributed by atoms with Crippen molar-refractivity contribution in [2.45, 2.75) is 19.6 Å². The highest BCUT2D eigenvalue weighted by Crippen LogP contribution is 2.27. The van der Waals surface area contributed by atoms with Crippen LogP contribution in [0.1, 0.15) is 36.8 Å². The van der Waals surface area contributed by atoms with E-state index in [1.165, 1.54) is 30.4 Å². The van der Waals surface area contributed by atoms with E-state index in [9.17, 15) is 14.4 Å². The predicted molar refractivity (Wildman–Crippen MR) is 80.0 cm³/mol. The van der Waals surface area contributed by atoms with Crippen molar-refractivity contribution in [3.8, 4) is 0 Å². The Bertz CT molecular complexity index is 767. The Morgan fingerprint density at radius 2 is 1.91 bits per heavy atom. The van der Waals surface area contributed by atoms with Crippen LogP contribution in [-0.2, 0) is 14.4 Å². The first-order valence-electron chi connectivity index (χ1n) is 7.99. The Kier molecular flexibility index (Phi) is 3.43. The monoisotopic (exact) mass is 315 g/mol. The summed E-state index contributed by atoms with van der Waals surface area (Å²) in [6, 6.07) is 6.21. The molecule has 0 N–H and O–H groups in total. The van der Waals surface area contributed by atoms with Crippen molar-refractivity contribution >= 4 is 17.8 Å². The number of rotatable bonds is 4. The first-order valence-corrected chi connectivity index (χ1v) is 6.99. The van der Waals surface area contributed by atoms with Crippen LogP contribution < -0.4 is 0 Å². The second kappa shape index (κ2) is 6.18. The van der Waals surface area contributed by atoms with Gasteiger partial charge < -0.3 is 4.74 Å². The number of carbonyl (C=O) groups excluding carboxylic acids is 3. The minimum Gasteiger partial charge on any atom is -0.433 e. The summed E-state index contributed by atoms with van der Waals surface area (Å²) in [4.78, 5) is 41.6. The zero-order valence-electron chi connectivity index (χ0n) is 14.3. The maximum atomic E-state index is 12.4. The fourth-order valence-corrected chi connectivity index (χ4v) is 2.32. The largest absolute Gasteiger partial charge is 0.433 e. The number of allylic oxidation sites excluding steroid dienone is 3. The minimum absolute atomic E-state index is 0.177. The molecule has 0 fully saturated rings. The van der Waals surface area contributed by atoms with Gasteiger partial charge >= 0.3 is 5.97 Å². The molecule has 1 aliphatic carbocycles. The number of hydrogen-bond acceptors (Lipinski definition) is 5. The zero-order chi connectivity index (χ0) is 18.2. The molecule has 2 amide bonds. The van der Waals surface area contributed by atoms with Gasteiger partial charge in [0.15, 0.2) is 0 Å². The van der Waals surface area contributed by atoms with Crippen LogP contribution in [0.25, 0.3) is 0 Å². The summed E-state index contributed by atoms with van der Waals surface area (Å²) in [6.45, 7) is 1.14. The van der Waals surface area contributed by atoms with Gasteiger partial charge in [-0.05, 0) is 18.5 Å². The van der Waals surface area contributed by atoms with Gasteiger partial charge in [0.1, 0.15) is 0 Å². The van der Waals surface area contributed by atoms with Crippen LogP contribution in [-0.4, -0.2) is 29.1 Å². The third kappa shape index (κ3) is 2.93. The quantitative estimate of drug-likeness (QED) is 0.484. The van der Waals surface area contributed by atoms with Crippen molar-refractivity contribution < 1.29 is 26.7 Å². The van der Waals surface area contributed by atoms with Crippen LogP contribution in [0.3, 0.4) is 0 Å². The molecule has 23 heavy (non-hydrogen) atoms. The van der Waals surface area contributed by atoms with Crippen LogP contribution in [0.15, 0.2) is 48.6 Å². The third-order valence-electron chi connectivity index (χ3n) is 3.36. The molecule has 1 aromatic rings. The summed E-state index contributed by atoms with van der Waals surface area (Å²) >= 11 is 0. The van der Waals surface area contributed by atoms with E-state index in [0.29, 0.717) is 5.06 Å². The van der Waals surface area contributed by atoms with E-state index in [4.69, 9.17) is 12.3 Å². The average Bonchev–Trinajstić information content (AvgIpc) is 2.79. The number of amides is 2. The van der Waals surface area contributed by atoms with Gasteiger partial charge in [-0.25, -0.2) is 4.84 Å². The molecule has 1 aromatic carbocycles. The van der Waals surface area contributed by atoms with Crippen molar-refractivity contribution in [3.05, 3.63) is 59.7 Å². The lowest BCUT2D eigenvalue weighted by Gasteiger charge is -2.27. The Morgan fingerprint density at radius 3 is 2.48 bits per heavy atom. The second-order valence-corrected chi connectivity index (χ2v) is 4.97. The van der Waals surface area contributed by atoms with Crippen molar-refractivity contribution in [2.24, 2.45) is 5.92 Å². The summed E-state index contributed by atoms with van der Waals surface area (Å²) in [5.74, 6) is -3.12. The van der Waals surface area contributed by atoms with Crippen molar-refractivity contribution in [1.29, 1.82) is 0 Å². The van der Waals surface area contributed by atoms with Gasteiger partial charge in [-0.1, -0.05) is 36.4 Å². The van der Waals surface area contributed by atoms with E-state index < -0.39 is 36.4 Å². The lowest BCUT2D eigenvalue weighted by molar-refractivity contribution is -0.242. The van der Waals surface area contributed by atoms with Gasteiger partial charge in [-0.2, -0.15) is 0 Å². The van der Waals surface area contributed by atoms with E-state index in [1.807, 2.05) is 0 Å². The maximum Gasteiger partial charge on any atom is 0.305 e. The molecular formula is C17H15NO5. The smallest absolute Gasteiger partial charge is 0.305 e. The number of ether oxygens (including phenoxy) is 1. The zero-order valence-corrected chi connectivity index (χ0v) is 12.3. The van der Waals surface area contributed by atoms with Crippen molar-refractivity contribution in [1.82, 2.24) is 5.06 Å². The second-order valence-electron chi connectivity index (χ2n) is 4.97. The van der Waals surface area contributed by atoms with Gasteiger partial charge in [0.05, 0.1) is 11.1 Å². The molecule has 0 radical (unpaired) electrons. The van der Waals surface area contributed by atoms with E-state index in [2.05, 4.69) is 0 Å². The lowest BCUT2D eigenvalue weighted by Crippen LogP contribution is -2.39. The summed E-state index contributed by atoms with van der Waals surface area (Å²) in [5, 5.41) is 0.514. The molecule has 3 rings (SSSR count). The van der Waals surface area contributed by atoms with E-state index in [1.54, 1.807) is 18.2 Å². The van der Waals surface area contributed by atoms with Crippen molar-refractivity contribution in [2.75, 3.05) is 0 Å². The van der Waals surface area contributed by atoms with Gasteiger partial charge in [-0.3, -0.25) is 14.4 Å². The molecule has 2 atom stereocenters. The Labute approximate surface area is 135 Å². The number of fused-ring (bicyclic) bond motifs is 1. The van der Waals surface area contributed by atoms with Crippen LogP contribution in [0.4, 0.5) is 0 Å². The molecule has 1 heterocycles. The number of nitrogens with zero attached hydrogens (tertiary/aromatic N) is 1. The summed E-state index contributed by atoms with van der Waals surface area (Å²) in [6.07, 6.45) is 2.49. The topological polar surface area (TPSA) is 72.9 Å². The van der Waals surface area contributed by atoms with Gasteiger partial charge in [0.2, 0.25) is 6.29 Å². The number of imide groups is 1. The predicted octanol–water partition coefficient (Wildman–Crippen LogP) is 2.24. The molecule has 118 valence electrons. The van der Waals surface area contributed by atoms with E-state index in [0.717, 1.165) is 6.92 Å². The summed E-state index contributed by atoms with van der Waals surface area (Å²) in [5.41, 5.74) is 0.354. The SMILES string of the molecule is [2H]C1([2H])C=CC=CC1C(OC(C)=O)ON1C(=O)c2ccccc2C1=O. The molecule has 0 spiro atoms. The molecule has 0 saturated carbocycles. The van der Waals surface area contributed by atoms with Crippen LogP contribution in [0.5, 0.6) is 0 Å². The number of esters is 1. The van der Waals surface area contributed by atoms with Crippen LogP contribution >= 0.6 is 0 Å². The molecule has 2 unspecified atom stereocenters. The number of hydrogen-bond donors (Lipinski definition) is 0. The normalized spacial score (nSPS) is 24.0. The molecule has 2 aliphatic rings. The first kappa shape index (κ1) is 12.8. The first-order chi connectivity index (χ1) is 11.8. The number of benzene rings is 1. The molecule has 0 saturated heterocycles. The molecule has 6 heteroatoms. The number of hydroxylamine groups is 2. The third-order valence-corrected chi connectivity index (χ3v) is 3.36. The molecule has 1 aliphatic heterocycles. The molecule has 6 nitrogen and oxygen atoms in total. The maximum absolute atomic E-state index is 12.4. The molecule has 0 aromatic heterocycles. The number of carbonyl (C=O) groups is 3. The fourth-order valence-electron chi connectivity index (χ4n) is 2.32. The Balaban J connectivity index is 1.88. The van der Waals surface area contributed by atoms with Crippen LogP contribution in [0, 0.1) is 5.92 Å². The average molecular weight is 315 g/mol. The standard InChI is InChI=1S/C17H15NO5/c1-11(19)22-17(12-7-3-2-4-8-12)23-18-15(20)13-9-5-6-10-14(13)16(18)21/h2-7,9-10,12,17H,8H2,1H3/i8D2. The summed E-state index contributed by atoms with van der Waals surface area (Å²) < 4.78 is 21.1. The van der Waals surface area contributed by atoms with Gasteiger partial charge in [-0.15, -0.1) is 5.06 Å². The molecule has 0 bridgehead atoms. The highest BCUT2D eigenvalue weighted by molar-refractivity contribution is 6.20. The van der Waals surface area contributed by atoms with E-state index in [-0.39, 0.29) is 11.1 Å². The van der Waals surface area contributed by atoms with E-state index >= 15 is 0 Å². The highest BCUT2D eigenvalue weighted by atomic mass is 16.8. The lowest BCUT2D eigenvalue weighted by atomic mass is 10.0. The molecular weight excluding hydrogens is 298 g/mol.